The van der Waals surface area contributed by atoms with E-state index < -0.39 is 6.10 Å². The van der Waals surface area contributed by atoms with Crippen LogP contribution >= 0.6 is 0 Å². The molecule has 0 aromatic rings. The largest absolute Gasteiger partial charge is 0.462 e. The predicted molar refractivity (Wildman–Crippen MR) is 220 cm³/mol. The van der Waals surface area contributed by atoms with Gasteiger partial charge >= 0.3 is 17.9 Å². The fourth-order valence-corrected chi connectivity index (χ4v) is 6.77. The average Bonchev–Trinajstić information content (AvgIpc) is 3.14. The molecule has 0 aromatic heterocycles. The van der Waals surface area contributed by atoms with Crippen LogP contribution in [0.3, 0.4) is 0 Å². The third-order valence-electron chi connectivity index (χ3n) is 10.7. The monoisotopic (exact) mass is 737 g/mol. The van der Waals surface area contributed by atoms with Gasteiger partial charge in [-0.3, -0.25) is 14.4 Å². The number of ether oxygens (including phenoxy) is 3. The Bertz CT molecular complexity index is 783. The number of rotatable bonds is 41. The summed E-state index contributed by atoms with van der Waals surface area (Å²) in [6, 6.07) is 0. The van der Waals surface area contributed by atoms with Crippen molar-refractivity contribution < 1.29 is 28.6 Å². The number of carbonyl (C=O) groups is 3. The zero-order chi connectivity index (χ0) is 38.2. The quantitative estimate of drug-likeness (QED) is 0.0353. The highest BCUT2D eigenvalue weighted by Gasteiger charge is 2.19. The minimum Gasteiger partial charge on any atom is -0.462 e. The molecule has 2 atom stereocenters. The Morgan fingerprint density at radius 1 is 0.385 bits per heavy atom. The lowest BCUT2D eigenvalue weighted by molar-refractivity contribution is -0.167. The molecule has 0 saturated heterocycles. The minimum atomic E-state index is -0.759. The summed E-state index contributed by atoms with van der Waals surface area (Å²) >= 11 is 0. The summed E-state index contributed by atoms with van der Waals surface area (Å²) in [4.78, 5) is 37.7. The molecule has 0 aromatic carbocycles. The zero-order valence-electron chi connectivity index (χ0n) is 35.3. The summed E-state index contributed by atoms with van der Waals surface area (Å²) < 4.78 is 16.7. The van der Waals surface area contributed by atoms with Gasteiger partial charge in [0.25, 0.3) is 0 Å². The molecule has 52 heavy (non-hydrogen) atoms. The van der Waals surface area contributed by atoms with Crippen LogP contribution in [-0.4, -0.2) is 37.2 Å². The van der Waals surface area contributed by atoms with Crippen LogP contribution in [0.2, 0.25) is 0 Å². The van der Waals surface area contributed by atoms with Crippen molar-refractivity contribution in [2.24, 2.45) is 5.92 Å². The van der Waals surface area contributed by atoms with Gasteiger partial charge in [0, 0.05) is 19.3 Å². The first-order chi connectivity index (χ1) is 25.4. The van der Waals surface area contributed by atoms with E-state index in [0.717, 1.165) is 63.7 Å². The molecule has 0 spiro atoms. The molecule has 6 heteroatoms. The maximum atomic E-state index is 12.7. The number of esters is 3. The van der Waals surface area contributed by atoms with E-state index in [0.29, 0.717) is 19.3 Å². The lowest BCUT2D eigenvalue weighted by Gasteiger charge is -2.18. The number of carbonyl (C=O) groups excluding carboxylic acids is 3. The molecule has 0 rings (SSSR count). The highest BCUT2D eigenvalue weighted by molar-refractivity contribution is 5.71. The van der Waals surface area contributed by atoms with Crippen LogP contribution in [0, 0.1) is 5.92 Å². The topological polar surface area (TPSA) is 78.9 Å². The molecular formula is C46H88O6. The fraction of sp³-hybridized carbons (Fsp3) is 0.935. The van der Waals surface area contributed by atoms with E-state index in [-0.39, 0.29) is 31.1 Å². The van der Waals surface area contributed by atoms with Crippen molar-refractivity contribution in [3.05, 3.63) is 0 Å². The molecular weight excluding hydrogens is 648 g/mol. The van der Waals surface area contributed by atoms with E-state index in [4.69, 9.17) is 14.2 Å². The summed E-state index contributed by atoms with van der Waals surface area (Å²) in [5.41, 5.74) is 0. The molecule has 0 aliphatic carbocycles. The van der Waals surface area contributed by atoms with Crippen LogP contribution in [0.5, 0.6) is 0 Å². The van der Waals surface area contributed by atoms with Crippen molar-refractivity contribution in [1.29, 1.82) is 0 Å². The Hall–Kier alpha value is -1.59. The highest BCUT2D eigenvalue weighted by atomic mass is 16.6. The average molecular weight is 737 g/mol. The number of hydrogen-bond acceptors (Lipinski definition) is 6. The second-order valence-corrected chi connectivity index (χ2v) is 15.9. The molecule has 1 unspecified atom stereocenters. The summed E-state index contributed by atoms with van der Waals surface area (Å²) in [5, 5.41) is 0. The molecule has 0 saturated carbocycles. The minimum absolute atomic E-state index is 0.0645. The van der Waals surface area contributed by atoms with E-state index in [2.05, 4.69) is 27.7 Å². The van der Waals surface area contributed by atoms with Gasteiger partial charge in [-0.15, -0.1) is 0 Å². The van der Waals surface area contributed by atoms with Crippen molar-refractivity contribution >= 4 is 17.9 Å². The van der Waals surface area contributed by atoms with E-state index in [1.807, 2.05) is 0 Å². The zero-order valence-corrected chi connectivity index (χ0v) is 35.3. The molecule has 0 aliphatic rings. The van der Waals surface area contributed by atoms with Gasteiger partial charge < -0.3 is 14.2 Å². The second-order valence-electron chi connectivity index (χ2n) is 15.9. The van der Waals surface area contributed by atoms with Gasteiger partial charge in [-0.05, 0) is 25.2 Å². The summed E-state index contributed by atoms with van der Waals surface area (Å²) in [6.45, 7) is 8.96. The molecule has 0 N–H and O–H groups in total. The molecule has 308 valence electrons. The standard InChI is InChI=1S/C46H88O6/c1-5-8-10-12-14-16-18-19-20-21-23-25-31-35-39-46(49)52-43(40-50-44(47)37-33-29-24-22-17-15-13-11-9-6-2)41-51-45(48)38-34-30-27-26-28-32-36-42(4)7-3/h42-43H,5-41H2,1-4H3/t42?,43-/m1/s1. The molecule has 0 fully saturated rings. The second kappa shape index (κ2) is 40.6. The number of unbranched alkanes of at least 4 members (excludes halogenated alkanes) is 27. The van der Waals surface area contributed by atoms with Gasteiger partial charge in [-0.25, -0.2) is 0 Å². The van der Waals surface area contributed by atoms with Crippen LogP contribution in [-0.2, 0) is 28.6 Å². The van der Waals surface area contributed by atoms with Crippen LogP contribution in [0.25, 0.3) is 0 Å². The molecule has 0 bridgehead atoms. The first kappa shape index (κ1) is 50.4. The van der Waals surface area contributed by atoms with E-state index >= 15 is 0 Å². The maximum Gasteiger partial charge on any atom is 0.306 e. The van der Waals surface area contributed by atoms with Crippen molar-refractivity contribution in [3.63, 3.8) is 0 Å². The Labute approximate surface area is 323 Å². The predicted octanol–water partition coefficient (Wildman–Crippen LogP) is 14.3. The first-order valence-electron chi connectivity index (χ1n) is 22.9. The lowest BCUT2D eigenvalue weighted by Crippen LogP contribution is -2.30. The van der Waals surface area contributed by atoms with Crippen LogP contribution in [0.4, 0.5) is 0 Å². The van der Waals surface area contributed by atoms with Crippen LogP contribution in [0.15, 0.2) is 0 Å². The van der Waals surface area contributed by atoms with Crippen molar-refractivity contribution in [2.75, 3.05) is 13.2 Å². The van der Waals surface area contributed by atoms with Gasteiger partial charge in [0.15, 0.2) is 6.10 Å². The fourth-order valence-electron chi connectivity index (χ4n) is 6.77. The summed E-state index contributed by atoms with van der Waals surface area (Å²) in [7, 11) is 0. The van der Waals surface area contributed by atoms with E-state index in [1.54, 1.807) is 0 Å². The first-order valence-corrected chi connectivity index (χ1v) is 22.9. The van der Waals surface area contributed by atoms with Crippen molar-refractivity contribution in [1.82, 2.24) is 0 Å². The SMILES string of the molecule is CCCCCCCCCCCCCCCCC(=O)O[C@H](COC(=O)CCCCCCCCCCCC)COC(=O)CCCCCCCCC(C)CC. The Morgan fingerprint density at radius 3 is 1.00 bits per heavy atom. The summed E-state index contributed by atoms with van der Waals surface area (Å²) in [6.07, 6.45) is 39.4. The normalized spacial score (nSPS) is 12.5. The van der Waals surface area contributed by atoms with Crippen LogP contribution in [0.1, 0.15) is 252 Å². The molecule has 6 nitrogen and oxygen atoms in total. The Kier molecular flexibility index (Phi) is 39.4. The number of hydrogen-bond donors (Lipinski definition) is 0. The summed E-state index contributed by atoms with van der Waals surface area (Å²) in [5.74, 6) is -0.0430. The van der Waals surface area contributed by atoms with Gasteiger partial charge in [0.2, 0.25) is 0 Å². The molecule has 0 radical (unpaired) electrons. The Morgan fingerprint density at radius 2 is 0.673 bits per heavy atom. The lowest BCUT2D eigenvalue weighted by atomic mass is 10.00. The Balaban J connectivity index is 4.33. The molecule has 0 aliphatic heterocycles. The van der Waals surface area contributed by atoms with Gasteiger partial charge in [0.05, 0.1) is 0 Å². The third kappa shape index (κ3) is 38.1. The van der Waals surface area contributed by atoms with E-state index in [1.165, 1.54) is 148 Å². The molecule has 0 amide bonds. The van der Waals surface area contributed by atoms with Crippen molar-refractivity contribution in [2.45, 2.75) is 259 Å². The van der Waals surface area contributed by atoms with Gasteiger partial charge in [-0.2, -0.15) is 0 Å². The maximum absolute atomic E-state index is 12.7. The molecule has 0 heterocycles. The highest BCUT2D eigenvalue weighted by Crippen LogP contribution is 2.17. The third-order valence-corrected chi connectivity index (χ3v) is 10.7. The van der Waals surface area contributed by atoms with Gasteiger partial charge in [-0.1, -0.05) is 214 Å². The van der Waals surface area contributed by atoms with Crippen molar-refractivity contribution in [3.8, 4) is 0 Å². The van der Waals surface area contributed by atoms with Gasteiger partial charge in [0.1, 0.15) is 13.2 Å². The van der Waals surface area contributed by atoms with Crippen LogP contribution < -0.4 is 0 Å². The van der Waals surface area contributed by atoms with E-state index in [9.17, 15) is 14.4 Å². The smallest absolute Gasteiger partial charge is 0.306 e.